The number of para-hydroxylation sites is 1. The van der Waals surface area contributed by atoms with Gasteiger partial charge in [-0.1, -0.05) is 218 Å². The Balaban J connectivity index is 0.988. The van der Waals surface area contributed by atoms with Crippen LogP contribution in [-0.2, 0) is 0 Å². The fraction of sp³-hybridized carbons (Fsp3) is 0. The number of hydrogen-bond donors (Lipinski definition) is 0. The van der Waals surface area contributed by atoms with Gasteiger partial charge < -0.3 is 4.42 Å². The highest BCUT2D eigenvalue weighted by atomic mass is 16.3. The molecule has 2 heterocycles. The van der Waals surface area contributed by atoms with Crippen molar-refractivity contribution in [2.75, 3.05) is 0 Å². The average Bonchev–Trinajstić information content (AvgIpc) is 3.79. The van der Waals surface area contributed by atoms with E-state index >= 15 is 0 Å². The van der Waals surface area contributed by atoms with Crippen LogP contribution in [0.15, 0.2) is 241 Å². The molecule has 65 heavy (non-hydrogen) atoms. The Morgan fingerprint density at radius 2 is 0.723 bits per heavy atom. The summed E-state index contributed by atoms with van der Waals surface area (Å²) in [6.45, 7) is 0. The third-order valence-electron chi connectivity index (χ3n) is 12.4. The van der Waals surface area contributed by atoms with Crippen molar-refractivity contribution in [3.05, 3.63) is 237 Å². The minimum Gasteiger partial charge on any atom is -0.455 e. The van der Waals surface area contributed by atoms with E-state index in [-0.39, 0.29) is 0 Å². The van der Waals surface area contributed by atoms with Crippen molar-refractivity contribution in [3.8, 4) is 89.8 Å². The van der Waals surface area contributed by atoms with Gasteiger partial charge in [-0.05, 0) is 79.0 Å². The fourth-order valence-electron chi connectivity index (χ4n) is 9.10. The third-order valence-corrected chi connectivity index (χ3v) is 12.4. The Bertz CT molecular complexity index is 3670. The molecule has 0 saturated carbocycles. The zero-order valence-electron chi connectivity index (χ0n) is 35.3. The van der Waals surface area contributed by atoms with Crippen molar-refractivity contribution in [3.63, 3.8) is 0 Å². The van der Waals surface area contributed by atoms with Crippen LogP contribution in [0.25, 0.3) is 123 Å². The second-order valence-electron chi connectivity index (χ2n) is 16.3. The topological polar surface area (TPSA) is 51.8 Å². The molecule has 12 aromatic rings. The molecule has 4 heteroatoms. The fourth-order valence-corrected chi connectivity index (χ4v) is 9.10. The molecule has 0 fully saturated rings. The molecule has 0 bridgehead atoms. The maximum Gasteiger partial charge on any atom is 0.164 e. The SMILES string of the molecule is c1ccc(-c2ccc(-c3cccc4c3oc3cccc(-c5nc(-c6ccc(-c7cccc(-c8ccccc8)c7)cc6)nc(-c6ccc7c(-c8ccccc8)cccc7c6)n5)c34)cc2)cc1. The van der Waals surface area contributed by atoms with E-state index in [9.17, 15) is 0 Å². The second kappa shape index (κ2) is 16.2. The first kappa shape index (κ1) is 38.0. The van der Waals surface area contributed by atoms with E-state index < -0.39 is 0 Å². The van der Waals surface area contributed by atoms with Crippen LogP contribution in [0.5, 0.6) is 0 Å². The van der Waals surface area contributed by atoms with E-state index in [1.54, 1.807) is 0 Å². The molecular formula is C61H39N3O. The van der Waals surface area contributed by atoms with Crippen LogP contribution in [0.3, 0.4) is 0 Å². The largest absolute Gasteiger partial charge is 0.455 e. The van der Waals surface area contributed by atoms with Crippen molar-refractivity contribution in [1.82, 2.24) is 15.0 Å². The molecule has 0 aliphatic carbocycles. The van der Waals surface area contributed by atoms with Crippen LogP contribution in [0, 0.1) is 0 Å². The van der Waals surface area contributed by atoms with Crippen LogP contribution < -0.4 is 0 Å². The molecule has 0 aliphatic heterocycles. The van der Waals surface area contributed by atoms with Crippen LogP contribution in [0.4, 0.5) is 0 Å². The Labute approximate surface area is 376 Å². The van der Waals surface area contributed by atoms with Gasteiger partial charge in [0.1, 0.15) is 11.2 Å². The molecule has 10 aromatic carbocycles. The summed E-state index contributed by atoms with van der Waals surface area (Å²) < 4.78 is 6.76. The van der Waals surface area contributed by atoms with Gasteiger partial charge in [-0.2, -0.15) is 0 Å². The number of benzene rings is 10. The van der Waals surface area contributed by atoms with Gasteiger partial charge in [0.05, 0.1) is 0 Å². The summed E-state index contributed by atoms with van der Waals surface area (Å²) in [4.78, 5) is 15.8. The third kappa shape index (κ3) is 7.13. The maximum atomic E-state index is 6.76. The summed E-state index contributed by atoms with van der Waals surface area (Å²) in [6, 6.07) is 82.9. The molecule has 0 radical (unpaired) electrons. The number of fused-ring (bicyclic) bond motifs is 4. The van der Waals surface area contributed by atoms with E-state index in [4.69, 9.17) is 19.4 Å². The lowest BCUT2D eigenvalue weighted by atomic mass is 9.97. The first-order valence-corrected chi connectivity index (χ1v) is 21.9. The first-order valence-electron chi connectivity index (χ1n) is 21.9. The van der Waals surface area contributed by atoms with Crippen LogP contribution in [0.2, 0.25) is 0 Å². The van der Waals surface area contributed by atoms with Crippen LogP contribution >= 0.6 is 0 Å². The molecule has 0 amide bonds. The second-order valence-corrected chi connectivity index (χ2v) is 16.3. The van der Waals surface area contributed by atoms with Gasteiger partial charge in [0.15, 0.2) is 17.5 Å². The monoisotopic (exact) mass is 829 g/mol. The standard InChI is InChI=1S/C61H39N3O/c1-4-14-40(15-5-1)42-28-32-45(33-29-42)53-24-12-25-54-57-55(26-13-27-56(57)65-58(53)54)61-63-59(46-34-30-43(31-35-46)48-21-10-20-47(38-48)41-16-6-2-7-17-41)62-60(64-61)50-36-37-52-49(39-50)22-11-23-51(52)44-18-8-3-9-19-44/h1-39H. The van der Waals surface area contributed by atoms with Gasteiger partial charge in [-0.15, -0.1) is 0 Å². The lowest BCUT2D eigenvalue weighted by Gasteiger charge is -2.12. The highest BCUT2D eigenvalue weighted by Crippen LogP contribution is 2.41. The van der Waals surface area contributed by atoms with E-state index in [2.05, 4.69) is 212 Å². The van der Waals surface area contributed by atoms with Crippen molar-refractivity contribution >= 4 is 32.7 Å². The highest BCUT2D eigenvalue weighted by molar-refractivity contribution is 6.15. The molecule has 304 valence electrons. The first-order chi connectivity index (χ1) is 32.2. The quantitative estimate of drug-likeness (QED) is 0.153. The summed E-state index contributed by atoms with van der Waals surface area (Å²) in [5.41, 5.74) is 15.8. The lowest BCUT2D eigenvalue weighted by Crippen LogP contribution is -2.00. The summed E-state index contributed by atoms with van der Waals surface area (Å²) in [5, 5.41) is 4.25. The van der Waals surface area contributed by atoms with E-state index in [1.807, 2.05) is 24.3 Å². The van der Waals surface area contributed by atoms with Gasteiger partial charge in [-0.3, -0.25) is 0 Å². The molecule has 0 unspecified atom stereocenters. The number of nitrogens with zero attached hydrogens (tertiary/aromatic N) is 3. The minimum absolute atomic E-state index is 0.577. The van der Waals surface area contributed by atoms with Crippen molar-refractivity contribution in [2.45, 2.75) is 0 Å². The number of aromatic nitrogens is 3. The Hall–Kier alpha value is -8.73. The average molecular weight is 830 g/mol. The zero-order chi connectivity index (χ0) is 43.1. The molecule has 0 aliphatic rings. The smallest absolute Gasteiger partial charge is 0.164 e. The predicted molar refractivity (Wildman–Crippen MR) is 268 cm³/mol. The van der Waals surface area contributed by atoms with Gasteiger partial charge >= 0.3 is 0 Å². The van der Waals surface area contributed by atoms with E-state index in [0.29, 0.717) is 17.5 Å². The molecule has 4 nitrogen and oxygen atoms in total. The Morgan fingerprint density at radius 3 is 1.43 bits per heavy atom. The number of rotatable bonds is 8. The normalized spacial score (nSPS) is 11.4. The predicted octanol–water partition coefficient (Wildman–Crippen LogP) is 16.3. The number of hydrogen-bond acceptors (Lipinski definition) is 4. The van der Waals surface area contributed by atoms with Crippen molar-refractivity contribution < 1.29 is 4.42 Å². The zero-order valence-corrected chi connectivity index (χ0v) is 35.3. The lowest BCUT2D eigenvalue weighted by molar-refractivity contribution is 0.670. The van der Waals surface area contributed by atoms with Gasteiger partial charge in [-0.25, -0.2) is 15.0 Å². The minimum atomic E-state index is 0.577. The molecule has 0 N–H and O–H groups in total. The molecule has 0 saturated heterocycles. The van der Waals surface area contributed by atoms with Crippen LogP contribution in [-0.4, -0.2) is 15.0 Å². The summed E-state index contributed by atoms with van der Waals surface area (Å²) in [6.07, 6.45) is 0. The number of furan rings is 1. The van der Waals surface area contributed by atoms with Crippen LogP contribution in [0.1, 0.15) is 0 Å². The molecule has 2 aromatic heterocycles. The summed E-state index contributed by atoms with van der Waals surface area (Å²) in [5.74, 6) is 1.77. The Kier molecular flexibility index (Phi) is 9.46. The van der Waals surface area contributed by atoms with Gasteiger partial charge in [0, 0.05) is 33.0 Å². The van der Waals surface area contributed by atoms with E-state index in [0.717, 1.165) is 66.3 Å². The van der Waals surface area contributed by atoms with Crippen molar-refractivity contribution in [1.29, 1.82) is 0 Å². The van der Waals surface area contributed by atoms with Crippen molar-refractivity contribution in [2.24, 2.45) is 0 Å². The molecule has 0 spiro atoms. The summed E-state index contributed by atoms with van der Waals surface area (Å²) in [7, 11) is 0. The maximum absolute atomic E-state index is 6.76. The summed E-state index contributed by atoms with van der Waals surface area (Å²) >= 11 is 0. The van der Waals surface area contributed by atoms with Gasteiger partial charge in [0.25, 0.3) is 0 Å². The molecule has 12 rings (SSSR count). The van der Waals surface area contributed by atoms with E-state index in [1.165, 1.54) is 38.8 Å². The van der Waals surface area contributed by atoms with Gasteiger partial charge in [0.2, 0.25) is 0 Å². The molecule has 0 atom stereocenters. The molecular weight excluding hydrogens is 791 g/mol. The Morgan fingerprint density at radius 1 is 0.262 bits per heavy atom. The highest BCUT2D eigenvalue weighted by Gasteiger charge is 2.20.